The van der Waals surface area contributed by atoms with Crippen LogP contribution in [0.1, 0.15) is 24.6 Å². The zero-order valence-corrected chi connectivity index (χ0v) is 9.52. The first-order chi connectivity index (χ1) is 7.83. The number of aromatic nitrogens is 3. The van der Waals surface area contributed by atoms with Crippen LogP contribution < -0.4 is 0 Å². The topological polar surface area (TPSA) is 39.4 Å². The first-order valence-corrected chi connectivity index (χ1v) is 5.80. The quantitative estimate of drug-likeness (QED) is 0.764. The highest BCUT2D eigenvalue weighted by molar-refractivity contribution is 6.30. The van der Waals surface area contributed by atoms with Crippen LogP contribution in [0.15, 0.2) is 18.3 Å². The Hall–Kier alpha value is -1.13. The van der Waals surface area contributed by atoms with Crippen LogP contribution in [-0.2, 0) is 4.74 Å². The number of hydrogen-bond acceptors (Lipinski definition) is 3. The van der Waals surface area contributed by atoms with E-state index in [0.29, 0.717) is 10.9 Å². The zero-order chi connectivity index (χ0) is 11.0. The molecule has 0 aliphatic carbocycles. The molecule has 84 valence electrons. The summed E-state index contributed by atoms with van der Waals surface area (Å²) in [6.07, 6.45) is 3.85. The molecule has 1 fully saturated rings. The molecule has 3 rings (SSSR count). The Balaban J connectivity index is 1.97. The molecule has 3 heterocycles. The van der Waals surface area contributed by atoms with Crippen molar-refractivity contribution in [2.24, 2.45) is 0 Å². The second kappa shape index (κ2) is 4.03. The van der Waals surface area contributed by atoms with Gasteiger partial charge in [-0.25, -0.2) is 9.50 Å². The van der Waals surface area contributed by atoms with E-state index in [2.05, 4.69) is 10.1 Å². The number of ether oxygens (including phenoxy) is 1. The van der Waals surface area contributed by atoms with E-state index >= 15 is 0 Å². The first-order valence-electron chi connectivity index (χ1n) is 5.42. The van der Waals surface area contributed by atoms with E-state index in [1.807, 2.05) is 18.3 Å². The fourth-order valence-corrected chi connectivity index (χ4v) is 2.16. The van der Waals surface area contributed by atoms with Crippen LogP contribution in [0.2, 0.25) is 5.02 Å². The maximum atomic E-state index is 5.91. The Kier molecular flexibility index (Phi) is 2.53. The summed E-state index contributed by atoms with van der Waals surface area (Å²) in [5, 5.41) is 5.16. The lowest BCUT2D eigenvalue weighted by Crippen LogP contribution is -2.15. The average molecular weight is 238 g/mol. The molecule has 0 atom stereocenters. The molecule has 4 nitrogen and oxygen atoms in total. The number of nitrogens with zero attached hydrogens (tertiary/aromatic N) is 3. The molecule has 16 heavy (non-hydrogen) atoms. The van der Waals surface area contributed by atoms with Gasteiger partial charge in [-0.15, -0.1) is 0 Å². The van der Waals surface area contributed by atoms with E-state index in [4.69, 9.17) is 16.3 Å². The van der Waals surface area contributed by atoms with Gasteiger partial charge in [0.1, 0.15) is 0 Å². The fraction of sp³-hybridized carbons (Fsp3) is 0.455. The smallest absolute Gasteiger partial charge is 0.157 e. The molecule has 0 spiro atoms. The van der Waals surface area contributed by atoms with Crippen molar-refractivity contribution in [3.8, 4) is 0 Å². The van der Waals surface area contributed by atoms with E-state index in [1.165, 1.54) is 0 Å². The number of pyridine rings is 1. The van der Waals surface area contributed by atoms with Crippen molar-refractivity contribution in [2.45, 2.75) is 18.8 Å². The molecular formula is C11H12ClN3O. The summed E-state index contributed by atoms with van der Waals surface area (Å²) in [6.45, 7) is 1.61. The summed E-state index contributed by atoms with van der Waals surface area (Å²) in [5.41, 5.74) is 0.814. The standard InChI is InChI=1S/C11H12ClN3O/c12-9-1-4-15-10(7-9)13-11(14-15)8-2-5-16-6-3-8/h1,4,7-8H,2-3,5-6H2. The second-order valence-corrected chi connectivity index (χ2v) is 4.44. The third-order valence-electron chi connectivity index (χ3n) is 2.90. The van der Waals surface area contributed by atoms with E-state index in [1.54, 1.807) is 4.52 Å². The monoisotopic (exact) mass is 237 g/mol. The van der Waals surface area contributed by atoms with Crippen LogP contribution in [-0.4, -0.2) is 27.8 Å². The predicted octanol–water partition coefficient (Wildman–Crippen LogP) is 2.28. The number of halogens is 1. The molecule has 1 saturated heterocycles. The van der Waals surface area contributed by atoms with Gasteiger partial charge >= 0.3 is 0 Å². The highest BCUT2D eigenvalue weighted by atomic mass is 35.5. The van der Waals surface area contributed by atoms with E-state index in [0.717, 1.165) is 37.5 Å². The minimum Gasteiger partial charge on any atom is -0.381 e. The van der Waals surface area contributed by atoms with Crippen molar-refractivity contribution in [1.82, 2.24) is 14.6 Å². The molecule has 1 aliphatic heterocycles. The molecule has 0 amide bonds. The molecule has 0 radical (unpaired) electrons. The zero-order valence-electron chi connectivity index (χ0n) is 8.77. The molecule has 0 aromatic carbocycles. The van der Waals surface area contributed by atoms with Gasteiger partial charge in [0.2, 0.25) is 0 Å². The summed E-state index contributed by atoms with van der Waals surface area (Å²) >= 11 is 5.91. The van der Waals surface area contributed by atoms with Crippen molar-refractivity contribution in [3.05, 3.63) is 29.2 Å². The van der Waals surface area contributed by atoms with Gasteiger partial charge in [-0.3, -0.25) is 0 Å². The molecular weight excluding hydrogens is 226 g/mol. The van der Waals surface area contributed by atoms with E-state index in [-0.39, 0.29) is 0 Å². The van der Waals surface area contributed by atoms with Crippen LogP contribution >= 0.6 is 11.6 Å². The van der Waals surface area contributed by atoms with Gasteiger partial charge < -0.3 is 4.74 Å². The molecule has 5 heteroatoms. The van der Waals surface area contributed by atoms with Gasteiger partial charge in [-0.05, 0) is 18.9 Å². The maximum absolute atomic E-state index is 5.91. The van der Waals surface area contributed by atoms with Crippen molar-refractivity contribution in [2.75, 3.05) is 13.2 Å². The van der Waals surface area contributed by atoms with Crippen LogP contribution in [0, 0.1) is 0 Å². The lowest BCUT2D eigenvalue weighted by Gasteiger charge is -2.18. The van der Waals surface area contributed by atoms with E-state index < -0.39 is 0 Å². The Morgan fingerprint density at radius 1 is 1.38 bits per heavy atom. The third kappa shape index (κ3) is 1.79. The second-order valence-electron chi connectivity index (χ2n) is 4.00. The molecule has 2 aromatic heterocycles. The lowest BCUT2D eigenvalue weighted by atomic mass is 10.00. The molecule has 0 saturated carbocycles. The predicted molar refractivity (Wildman–Crippen MR) is 60.8 cm³/mol. The Labute approximate surface area is 98.2 Å². The van der Waals surface area contributed by atoms with Crippen molar-refractivity contribution in [1.29, 1.82) is 0 Å². The highest BCUT2D eigenvalue weighted by Gasteiger charge is 2.20. The van der Waals surface area contributed by atoms with Gasteiger partial charge in [-0.1, -0.05) is 11.6 Å². The summed E-state index contributed by atoms with van der Waals surface area (Å²) in [4.78, 5) is 4.51. The van der Waals surface area contributed by atoms with Crippen molar-refractivity contribution >= 4 is 17.2 Å². The summed E-state index contributed by atoms with van der Waals surface area (Å²) < 4.78 is 7.11. The summed E-state index contributed by atoms with van der Waals surface area (Å²) in [7, 11) is 0. The molecule has 2 aromatic rings. The average Bonchev–Trinajstić information content (AvgIpc) is 2.73. The van der Waals surface area contributed by atoms with Crippen molar-refractivity contribution < 1.29 is 4.74 Å². The summed E-state index contributed by atoms with van der Waals surface area (Å²) in [6, 6.07) is 3.65. The van der Waals surface area contributed by atoms with Crippen LogP contribution in [0.5, 0.6) is 0 Å². The van der Waals surface area contributed by atoms with Gasteiger partial charge in [0, 0.05) is 36.4 Å². The minimum absolute atomic E-state index is 0.424. The maximum Gasteiger partial charge on any atom is 0.157 e. The van der Waals surface area contributed by atoms with Crippen LogP contribution in [0.25, 0.3) is 5.65 Å². The molecule has 0 N–H and O–H groups in total. The molecule has 0 unspecified atom stereocenters. The van der Waals surface area contributed by atoms with Gasteiger partial charge in [0.15, 0.2) is 11.5 Å². The lowest BCUT2D eigenvalue weighted by molar-refractivity contribution is 0.0836. The first kappa shape index (κ1) is 10.1. The summed E-state index contributed by atoms with van der Waals surface area (Å²) in [5.74, 6) is 1.33. The Bertz CT molecular complexity index is 505. The SMILES string of the molecule is Clc1ccn2nc(C3CCOCC3)nc2c1. The van der Waals surface area contributed by atoms with Gasteiger partial charge in [0.05, 0.1) is 0 Å². The van der Waals surface area contributed by atoms with E-state index in [9.17, 15) is 0 Å². The Morgan fingerprint density at radius 3 is 3.00 bits per heavy atom. The largest absolute Gasteiger partial charge is 0.381 e. The number of fused-ring (bicyclic) bond motifs is 1. The molecule has 1 aliphatic rings. The normalized spacial score (nSPS) is 18.1. The van der Waals surface area contributed by atoms with Crippen LogP contribution in [0.4, 0.5) is 0 Å². The Morgan fingerprint density at radius 2 is 2.19 bits per heavy atom. The molecule has 0 bridgehead atoms. The van der Waals surface area contributed by atoms with Crippen molar-refractivity contribution in [3.63, 3.8) is 0 Å². The van der Waals surface area contributed by atoms with Crippen LogP contribution in [0.3, 0.4) is 0 Å². The van der Waals surface area contributed by atoms with Gasteiger partial charge in [0.25, 0.3) is 0 Å². The van der Waals surface area contributed by atoms with Gasteiger partial charge in [-0.2, -0.15) is 5.10 Å². The number of hydrogen-bond donors (Lipinski definition) is 0. The number of rotatable bonds is 1. The minimum atomic E-state index is 0.424. The third-order valence-corrected chi connectivity index (χ3v) is 3.14. The highest BCUT2D eigenvalue weighted by Crippen LogP contribution is 2.24. The fourth-order valence-electron chi connectivity index (χ4n) is 2.00.